The normalized spacial score (nSPS) is 15.5. The zero-order valence-electron chi connectivity index (χ0n) is 15.8. The van der Waals surface area contributed by atoms with Crippen molar-refractivity contribution in [2.45, 2.75) is 25.7 Å². The van der Waals surface area contributed by atoms with Gasteiger partial charge in [-0.25, -0.2) is 19.3 Å². The first-order valence-electron chi connectivity index (χ1n) is 9.62. The van der Waals surface area contributed by atoms with Gasteiger partial charge < -0.3 is 10.2 Å². The van der Waals surface area contributed by atoms with Gasteiger partial charge in [0.15, 0.2) is 5.82 Å². The predicted molar refractivity (Wildman–Crippen MR) is 107 cm³/mol. The molecule has 1 saturated heterocycles. The second kappa shape index (κ2) is 8.39. The molecular weight excluding hydrogens is 355 g/mol. The van der Waals surface area contributed by atoms with E-state index in [1.807, 2.05) is 12.3 Å². The second-order valence-electron chi connectivity index (χ2n) is 6.92. The van der Waals surface area contributed by atoms with Gasteiger partial charge in [0.05, 0.1) is 11.9 Å². The van der Waals surface area contributed by atoms with E-state index in [-0.39, 0.29) is 5.69 Å². The molecule has 0 saturated carbocycles. The molecule has 6 nitrogen and oxygen atoms in total. The van der Waals surface area contributed by atoms with E-state index in [9.17, 15) is 4.39 Å². The van der Waals surface area contributed by atoms with Gasteiger partial charge in [-0.1, -0.05) is 19.1 Å². The fraction of sp³-hybridized carbons (Fsp3) is 0.333. The Labute approximate surface area is 163 Å². The number of halogens is 1. The summed E-state index contributed by atoms with van der Waals surface area (Å²) in [5.41, 5.74) is 1.89. The predicted octanol–water partition coefficient (Wildman–Crippen LogP) is 4.02. The van der Waals surface area contributed by atoms with Gasteiger partial charge in [0, 0.05) is 12.4 Å². The fourth-order valence-electron chi connectivity index (χ4n) is 3.53. The molecule has 0 aliphatic carbocycles. The van der Waals surface area contributed by atoms with Crippen LogP contribution in [0.3, 0.4) is 0 Å². The van der Waals surface area contributed by atoms with E-state index in [2.05, 4.69) is 43.1 Å². The molecule has 4 heterocycles. The minimum Gasteiger partial charge on any atom is -0.309 e. The minimum absolute atomic E-state index is 0.164. The Kier molecular flexibility index (Phi) is 5.53. The lowest BCUT2D eigenvalue weighted by atomic mass is 9.90. The first-order chi connectivity index (χ1) is 13.7. The van der Waals surface area contributed by atoms with Crippen molar-refractivity contribution in [2.24, 2.45) is 0 Å². The van der Waals surface area contributed by atoms with E-state index in [1.165, 1.54) is 5.56 Å². The molecule has 1 aliphatic heterocycles. The molecule has 3 aromatic rings. The first kappa shape index (κ1) is 18.4. The van der Waals surface area contributed by atoms with Crippen LogP contribution in [0, 0.1) is 5.82 Å². The van der Waals surface area contributed by atoms with Gasteiger partial charge in [-0.05, 0) is 62.2 Å². The Balaban J connectivity index is 1.46. The summed E-state index contributed by atoms with van der Waals surface area (Å²) in [6, 6.07) is 9.31. The summed E-state index contributed by atoms with van der Waals surface area (Å²) in [4.78, 5) is 19.4. The Hall–Kier alpha value is -2.93. The average molecular weight is 378 g/mol. The maximum atomic E-state index is 14.1. The van der Waals surface area contributed by atoms with Crippen LogP contribution < -0.4 is 5.32 Å². The number of hydrogen-bond acceptors (Lipinski definition) is 6. The highest BCUT2D eigenvalue weighted by Crippen LogP contribution is 2.28. The van der Waals surface area contributed by atoms with Crippen LogP contribution >= 0.6 is 0 Å². The molecule has 0 radical (unpaired) electrons. The monoisotopic (exact) mass is 378 g/mol. The summed E-state index contributed by atoms with van der Waals surface area (Å²) >= 11 is 0. The topological polar surface area (TPSA) is 66.8 Å². The van der Waals surface area contributed by atoms with Gasteiger partial charge in [0.2, 0.25) is 5.95 Å². The third kappa shape index (κ3) is 4.14. The molecule has 144 valence electrons. The zero-order chi connectivity index (χ0) is 19.3. The van der Waals surface area contributed by atoms with Crippen molar-refractivity contribution in [2.75, 3.05) is 25.0 Å². The first-order valence-corrected chi connectivity index (χ1v) is 9.62. The van der Waals surface area contributed by atoms with E-state index < -0.39 is 5.82 Å². The van der Waals surface area contributed by atoms with Crippen molar-refractivity contribution >= 4 is 11.8 Å². The third-order valence-corrected chi connectivity index (χ3v) is 5.18. The zero-order valence-corrected chi connectivity index (χ0v) is 15.8. The maximum absolute atomic E-state index is 14.1. The summed E-state index contributed by atoms with van der Waals surface area (Å²) < 4.78 is 14.1. The SMILES string of the molecule is CCN1CCC(c2ccc(Nc3ncc(F)c(-c4ccccn4)n3)nc2)CC1. The number of rotatable bonds is 5. The van der Waals surface area contributed by atoms with E-state index in [4.69, 9.17) is 0 Å². The lowest BCUT2D eigenvalue weighted by Gasteiger charge is -2.31. The average Bonchev–Trinajstić information content (AvgIpc) is 2.76. The summed E-state index contributed by atoms with van der Waals surface area (Å²) in [5, 5.41) is 3.05. The molecular formula is C21H23FN6. The third-order valence-electron chi connectivity index (χ3n) is 5.18. The lowest BCUT2D eigenvalue weighted by Crippen LogP contribution is -2.32. The molecule has 0 aromatic carbocycles. The largest absolute Gasteiger partial charge is 0.309 e. The summed E-state index contributed by atoms with van der Waals surface area (Å²) in [6.45, 7) is 5.60. The maximum Gasteiger partial charge on any atom is 0.229 e. The standard InChI is InChI=1S/C21H23FN6/c1-2-28-11-8-15(9-12-28)16-6-7-19(24-13-16)26-21-25-14-17(22)20(27-21)18-5-3-4-10-23-18/h3-7,10,13-15H,2,8-9,11-12H2,1H3,(H,24,25,26,27). The Morgan fingerprint density at radius 2 is 1.93 bits per heavy atom. The molecule has 1 fully saturated rings. The van der Waals surface area contributed by atoms with Crippen LogP contribution in [0.1, 0.15) is 31.2 Å². The van der Waals surface area contributed by atoms with Gasteiger partial charge in [-0.2, -0.15) is 0 Å². The van der Waals surface area contributed by atoms with E-state index in [0.717, 1.165) is 38.7 Å². The minimum atomic E-state index is -0.508. The summed E-state index contributed by atoms with van der Waals surface area (Å²) in [5.74, 6) is 0.972. The smallest absolute Gasteiger partial charge is 0.229 e. The quantitative estimate of drug-likeness (QED) is 0.723. The Morgan fingerprint density at radius 3 is 2.61 bits per heavy atom. The van der Waals surface area contributed by atoms with Crippen molar-refractivity contribution < 1.29 is 4.39 Å². The van der Waals surface area contributed by atoms with E-state index in [1.54, 1.807) is 24.4 Å². The second-order valence-corrected chi connectivity index (χ2v) is 6.92. The molecule has 3 aromatic heterocycles. The van der Waals surface area contributed by atoms with Crippen LogP contribution in [0.2, 0.25) is 0 Å². The van der Waals surface area contributed by atoms with Gasteiger partial charge in [0.1, 0.15) is 11.5 Å². The molecule has 1 aliphatic rings. The van der Waals surface area contributed by atoms with Crippen molar-refractivity contribution in [1.82, 2.24) is 24.8 Å². The van der Waals surface area contributed by atoms with Crippen molar-refractivity contribution in [3.8, 4) is 11.4 Å². The molecule has 28 heavy (non-hydrogen) atoms. The highest BCUT2D eigenvalue weighted by atomic mass is 19.1. The molecule has 7 heteroatoms. The Morgan fingerprint density at radius 1 is 1.07 bits per heavy atom. The van der Waals surface area contributed by atoms with Gasteiger partial charge in [0.25, 0.3) is 0 Å². The molecule has 0 unspecified atom stereocenters. The van der Waals surface area contributed by atoms with Gasteiger partial charge in [-0.3, -0.25) is 4.98 Å². The van der Waals surface area contributed by atoms with E-state index >= 15 is 0 Å². The number of anilines is 2. The van der Waals surface area contributed by atoms with Gasteiger partial charge in [-0.15, -0.1) is 0 Å². The summed E-state index contributed by atoms with van der Waals surface area (Å²) in [7, 11) is 0. The van der Waals surface area contributed by atoms with Crippen LogP contribution in [0.5, 0.6) is 0 Å². The van der Waals surface area contributed by atoms with Gasteiger partial charge >= 0.3 is 0 Å². The highest BCUT2D eigenvalue weighted by molar-refractivity contribution is 5.58. The number of nitrogens with one attached hydrogen (secondary N) is 1. The van der Waals surface area contributed by atoms with Crippen LogP contribution in [0.4, 0.5) is 16.2 Å². The molecule has 0 atom stereocenters. The fourth-order valence-corrected chi connectivity index (χ4v) is 3.53. The Bertz CT molecular complexity index is 908. The van der Waals surface area contributed by atoms with Crippen LogP contribution in [0.15, 0.2) is 48.9 Å². The molecule has 0 bridgehead atoms. The highest BCUT2D eigenvalue weighted by Gasteiger charge is 2.19. The molecule has 4 rings (SSSR count). The molecule has 0 spiro atoms. The number of piperidine rings is 1. The van der Waals surface area contributed by atoms with Crippen molar-refractivity contribution in [3.05, 3.63) is 60.3 Å². The number of likely N-dealkylation sites (tertiary alicyclic amines) is 1. The number of nitrogens with zero attached hydrogens (tertiary/aromatic N) is 5. The van der Waals surface area contributed by atoms with Crippen LogP contribution in [0.25, 0.3) is 11.4 Å². The molecule has 0 amide bonds. The molecule has 1 N–H and O–H groups in total. The van der Waals surface area contributed by atoms with E-state index in [0.29, 0.717) is 23.4 Å². The van der Waals surface area contributed by atoms with Crippen LogP contribution in [-0.2, 0) is 0 Å². The van der Waals surface area contributed by atoms with Crippen molar-refractivity contribution in [1.29, 1.82) is 0 Å². The number of pyridine rings is 2. The lowest BCUT2D eigenvalue weighted by molar-refractivity contribution is 0.222. The number of aromatic nitrogens is 4. The van der Waals surface area contributed by atoms with Crippen LogP contribution in [-0.4, -0.2) is 44.5 Å². The summed E-state index contributed by atoms with van der Waals surface area (Å²) in [6.07, 6.45) is 7.00. The number of hydrogen-bond donors (Lipinski definition) is 1. The van der Waals surface area contributed by atoms with Crippen molar-refractivity contribution in [3.63, 3.8) is 0 Å².